The minimum atomic E-state index is -1.22. The van der Waals surface area contributed by atoms with Gasteiger partial charge in [-0.1, -0.05) is 18.2 Å². The maximum absolute atomic E-state index is 13.9. The molecule has 0 radical (unpaired) electrons. The van der Waals surface area contributed by atoms with Crippen molar-refractivity contribution in [1.82, 2.24) is 29.9 Å². The van der Waals surface area contributed by atoms with Gasteiger partial charge in [-0.2, -0.15) is 15.2 Å². The summed E-state index contributed by atoms with van der Waals surface area (Å²) in [7, 11) is 0. The molecule has 3 heterocycles. The van der Waals surface area contributed by atoms with Gasteiger partial charge >= 0.3 is 5.97 Å². The van der Waals surface area contributed by atoms with Crippen molar-refractivity contribution in [3.05, 3.63) is 59.8 Å². The van der Waals surface area contributed by atoms with E-state index in [0.717, 1.165) is 0 Å². The summed E-state index contributed by atoms with van der Waals surface area (Å²) in [6.07, 6.45) is 1.60. The molecule has 0 aliphatic rings. The van der Waals surface area contributed by atoms with Crippen LogP contribution in [0.15, 0.2) is 42.6 Å². The number of carboxylic acids is 1. The van der Waals surface area contributed by atoms with Gasteiger partial charge in [-0.15, -0.1) is 0 Å². The molecule has 2 N–H and O–H groups in total. The number of pyridine rings is 1. The third-order valence-electron chi connectivity index (χ3n) is 3.68. The van der Waals surface area contributed by atoms with E-state index >= 15 is 0 Å². The third kappa shape index (κ3) is 2.61. The molecule has 0 aliphatic carbocycles. The Morgan fingerprint density at radius 1 is 1.24 bits per heavy atom. The van der Waals surface area contributed by atoms with Crippen LogP contribution in [0, 0.1) is 5.82 Å². The molecule has 0 saturated heterocycles. The lowest BCUT2D eigenvalue weighted by molar-refractivity contribution is 0.0684. The smallest absolute Gasteiger partial charge is 0.373 e. The van der Waals surface area contributed by atoms with E-state index < -0.39 is 5.97 Å². The van der Waals surface area contributed by atoms with Crippen LogP contribution < -0.4 is 0 Å². The fraction of sp³-hybridized carbons (Fsp3) is 0.0625. The van der Waals surface area contributed by atoms with Crippen molar-refractivity contribution < 1.29 is 14.3 Å². The monoisotopic (exact) mass is 338 g/mol. The van der Waals surface area contributed by atoms with Crippen molar-refractivity contribution in [3.8, 4) is 11.5 Å². The van der Waals surface area contributed by atoms with Crippen molar-refractivity contribution in [2.45, 2.75) is 6.54 Å². The summed E-state index contributed by atoms with van der Waals surface area (Å²) in [5, 5.41) is 20.3. The van der Waals surface area contributed by atoms with Gasteiger partial charge in [-0.05, 0) is 18.2 Å². The summed E-state index contributed by atoms with van der Waals surface area (Å²) >= 11 is 0. The first kappa shape index (κ1) is 14.9. The number of hydrogen-bond donors (Lipinski definition) is 2. The van der Waals surface area contributed by atoms with Gasteiger partial charge in [0.05, 0.1) is 11.9 Å². The number of fused-ring (bicyclic) bond motifs is 1. The molecule has 0 amide bonds. The molecule has 124 valence electrons. The van der Waals surface area contributed by atoms with Crippen LogP contribution in [0.1, 0.15) is 16.2 Å². The second-order valence-electron chi connectivity index (χ2n) is 5.29. The zero-order valence-corrected chi connectivity index (χ0v) is 12.7. The summed E-state index contributed by atoms with van der Waals surface area (Å²) in [6.45, 7) is 0.177. The van der Waals surface area contributed by atoms with E-state index in [1.165, 1.54) is 6.07 Å². The molecule has 0 bridgehead atoms. The van der Waals surface area contributed by atoms with Gasteiger partial charge in [-0.3, -0.25) is 5.10 Å². The maximum Gasteiger partial charge on any atom is 0.373 e. The average Bonchev–Trinajstić information content (AvgIpc) is 3.22. The molecular formula is C16H11FN6O2. The molecule has 8 nitrogen and oxygen atoms in total. The highest BCUT2D eigenvalue weighted by Crippen LogP contribution is 2.25. The predicted octanol–water partition coefficient (Wildman–Crippen LogP) is 2.10. The van der Waals surface area contributed by atoms with Crippen LogP contribution >= 0.6 is 0 Å². The van der Waals surface area contributed by atoms with E-state index in [1.807, 2.05) is 0 Å². The van der Waals surface area contributed by atoms with Gasteiger partial charge in [-0.25, -0.2) is 18.9 Å². The molecule has 1 aromatic carbocycles. The van der Waals surface area contributed by atoms with Gasteiger partial charge in [0.1, 0.15) is 11.5 Å². The molecule has 0 atom stereocenters. The lowest BCUT2D eigenvalue weighted by Crippen LogP contribution is -2.04. The number of halogens is 1. The number of H-pyrrole nitrogens is 1. The second kappa shape index (κ2) is 5.78. The molecule has 9 heteroatoms. The van der Waals surface area contributed by atoms with E-state index in [1.54, 1.807) is 41.2 Å². The van der Waals surface area contributed by atoms with E-state index in [2.05, 4.69) is 25.3 Å². The zero-order valence-electron chi connectivity index (χ0n) is 12.7. The summed E-state index contributed by atoms with van der Waals surface area (Å²) in [5.41, 5.74) is 1.37. The van der Waals surface area contributed by atoms with Crippen molar-refractivity contribution in [2.24, 2.45) is 0 Å². The summed E-state index contributed by atoms with van der Waals surface area (Å²) < 4.78 is 15.5. The van der Waals surface area contributed by atoms with Crippen LogP contribution in [0.5, 0.6) is 0 Å². The van der Waals surface area contributed by atoms with Crippen molar-refractivity contribution >= 4 is 17.0 Å². The highest BCUT2D eigenvalue weighted by molar-refractivity contribution is 5.90. The quantitative estimate of drug-likeness (QED) is 0.590. The second-order valence-corrected chi connectivity index (χ2v) is 5.29. The normalized spacial score (nSPS) is 11.1. The number of benzene rings is 1. The molecule has 4 aromatic rings. The third-order valence-corrected chi connectivity index (χ3v) is 3.68. The highest BCUT2D eigenvalue weighted by Gasteiger charge is 2.19. The molecule has 3 aromatic heterocycles. The Morgan fingerprint density at radius 2 is 2.08 bits per heavy atom. The van der Waals surface area contributed by atoms with Crippen molar-refractivity contribution in [2.75, 3.05) is 0 Å². The molecule has 0 unspecified atom stereocenters. The molecule has 25 heavy (non-hydrogen) atoms. The number of aromatic amines is 1. The maximum atomic E-state index is 13.9. The van der Waals surface area contributed by atoms with Crippen LogP contribution in [-0.4, -0.2) is 41.0 Å². The van der Waals surface area contributed by atoms with Crippen molar-refractivity contribution in [3.63, 3.8) is 0 Å². The molecule has 0 fully saturated rings. The lowest BCUT2D eigenvalue weighted by Gasteiger charge is -2.04. The van der Waals surface area contributed by atoms with E-state index in [-0.39, 0.29) is 24.0 Å². The number of carbonyl (C=O) groups is 1. The van der Waals surface area contributed by atoms with Crippen LogP contribution in [-0.2, 0) is 6.54 Å². The van der Waals surface area contributed by atoms with Gasteiger partial charge in [0.25, 0.3) is 0 Å². The van der Waals surface area contributed by atoms with E-state index in [9.17, 15) is 9.18 Å². The van der Waals surface area contributed by atoms with Gasteiger partial charge < -0.3 is 5.11 Å². The van der Waals surface area contributed by atoms with E-state index in [0.29, 0.717) is 22.3 Å². The number of hydrogen-bond acceptors (Lipinski definition) is 5. The Hall–Kier alpha value is -3.62. The SMILES string of the molecule is O=C(O)c1nc(-c2nn(Cc3ccccc3F)c3ncccc23)n[nH]1. The Kier molecular flexibility index (Phi) is 3.46. The van der Waals surface area contributed by atoms with Crippen LogP contribution in [0.2, 0.25) is 0 Å². The molecule has 4 rings (SSSR count). The zero-order chi connectivity index (χ0) is 17.4. The Labute approximate surface area is 140 Å². The average molecular weight is 338 g/mol. The minimum absolute atomic E-state index is 0.141. The molecule has 0 spiro atoms. The van der Waals surface area contributed by atoms with Gasteiger partial charge in [0, 0.05) is 11.8 Å². The first-order chi connectivity index (χ1) is 12.1. The molecular weight excluding hydrogens is 327 g/mol. The standard InChI is InChI=1S/C16H11FN6O2/c17-11-6-2-1-4-9(11)8-23-15-10(5-3-7-18-15)12(22-23)13-19-14(16(24)25)21-20-13/h1-7H,8H2,(H,24,25)(H,19,20,21). The predicted molar refractivity (Wildman–Crippen MR) is 85.4 cm³/mol. The fourth-order valence-electron chi connectivity index (χ4n) is 2.54. The van der Waals surface area contributed by atoms with Crippen LogP contribution in [0.25, 0.3) is 22.6 Å². The minimum Gasteiger partial charge on any atom is -0.475 e. The van der Waals surface area contributed by atoms with Crippen LogP contribution in [0.3, 0.4) is 0 Å². The Bertz CT molecular complexity index is 1090. The molecule has 0 aliphatic heterocycles. The Balaban J connectivity index is 1.83. The molecule has 0 saturated carbocycles. The lowest BCUT2D eigenvalue weighted by atomic mass is 10.2. The summed E-state index contributed by atoms with van der Waals surface area (Å²) in [4.78, 5) is 19.2. The highest BCUT2D eigenvalue weighted by atomic mass is 19.1. The topological polar surface area (TPSA) is 110 Å². The number of carboxylic acid groups (broad SMARTS) is 1. The Morgan fingerprint density at radius 3 is 2.84 bits per heavy atom. The number of nitrogens with zero attached hydrogens (tertiary/aromatic N) is 5. The fourth-order valence-corrected chi connectivity index (χ4v) is 2.54. The summed E-state index contributed by atoms with van der Waals surface area (Å²) in [6, 6.07) is 9.91. The van der Waals surface area contributed by atoms with Gasteiger partial charge in [0.15, 0.2) is 5.65 Å². The number of aromatic carboxylic acids is 1. The first-order valence-electron chi connectivity index (χ1n) is 7.34. The van der Waals surface area contributed by atoms with Crippen molar-refractivity contribution in [1.29, 1.82) is 0 Å². The van der Waals surface area contributed by atoms with E-state index in [4.69, 9.17) is 5.11 Å². The largest absolute Gasteiger partial charge is 0.475 e. The van der Waals surface area contributed by atoms with Crippen LogP contribution in [0.4, 0.5) is 4.39 Å². The summed E-state index contributed by atoms with van der Waals surface area (Å²) in [5.74, 6) is -1.69. The number of aromatic nitrogens is 6. The number of nitrogens with one attached hydrogen (secondary N) is 1. The first-order valence-corrected chi connectivity index (χ1v) is 7.34. The number of rotatable bonds is 4. The van der Waals surface area contributed by atoms with Gasteiger partial charge in [0.2, 0.25) is 11.6 Å².